The fraction of sp³-hybridized carbons (Fsp3) is 0.308. The summed E-state index contributed by atoms with van der Waals surface area (Å²) >= 11 is 5.10. The maximum Gasteiger partial charge on any atom is 0.195 e. The van der Waals surface area contributed by atoms with E-state index < -0.39 is 0 Å². The second-order valence-corrected chi connectivity index (χ2v) is 4.32. The minimum absolute atomic E-state index is 0.284. The fourth-order valence-electron chi connectivity index (χ4n) is 1.44. The van der Waals surface area contributed by atoms with E-state index in [1.165, 1.54) is 5.56 Å². The van der Waals surface area contributed by atoms with E-state index in [1.54, 1.807) is 12.3 Å². The normalized spacial score (nSPS) is 10.9. The molecule has 0 aliphatic rings. The molecule has 6 heteroatoms. The molecule has 5 nitrogen and oxygen atoms in total. The molecule has 0 aliphatic heterocycles. The quantitative estimate of drug-likeness (QED) is 0.323. The van der Waals surface area contributed by atoms with Crippen LogP contribution in [0.2, 0.25) is 0 Å². The zero-order valence-electron chi connectivity index (χ0n) is 11.0. The van der Waals surface area contributed by atoms with E-state index in [9.17, 15) is 0 Å². The Hall–Kier alpha value is -1.95. The Bertz CT molecular complexity index is 470. The van der Waals surface area contributed by atoms with E-state index >= 15 is 0 Å². The average Bonchev–Trinajstić information content (AvgIpc) is 2.38. The summed E-state index contributed by atoms with van der Waals surface area (Å²) in [7, 11) is 0. The summed E-state index contributed by atoms with van der Waals surface area (Å²) in [5, 5.41) is 6.31. The molecule has 19 heavy (non-hydrogen) atoms. The predicted molar refractivity (Wildman–Crippen MR) is 83.1 cm³/mol. The van der Waals surface area contributed by atoms with Crippen LogP contribution in [0.25, 0.3) is 0 Å². The van der Waals surface area contributed by atoms with Gasteiger partial charge in [-0.1, -0.05) is 12.1 Å². The maximum atomic E-state index is 5.62. The summed E-state index contributed by atoms with van der Waals surface area (Å²) in [6.07, 6.45) is 4.26. The molecule has 1 rings (SSSR count). The molecule has 0 radical (unpaired) electrons. The molecule has 0 amide bonds. The number of hydrogen-bond donors (Lipinski definition) is 3. The molecule has 0 saturated carbocycles. The second kappa shape index (κ2) is 8.20. The van der Waals surface area contributed by atoms with Crippen LogP contribution in [-0.4, -0.2) is 29.1 Å². The molecular weight excluding hydrogens is 258 g/mol. The van der Waals surface area contributed by atoms with Crippen molar-refractivity contribution >= 4 is 23.3 Å². The molecule has 0 unspecified atom stereocenters. The molecular formula is C13H19N5S. The molecule has 0 bridgehead atoms. The SMILES string of the molecule is C=CCN=C(N)NC(=S)NCCc1ncccc1C. The van der Waals surface area contributed by atoms with E-state index in [-0.39, 0.29) is 5.96 Å². The highest BCUT2D eigenvalue weighted by Crippen LogP contribution is 2.02. The highest BCUT2D eigenvalue weighted by Gasteiger charge is 2.00. The van der Waals surface area contributed by atoms with E-state index in [4.69, 9.17) is 18.0 Å². The topological polar surface area (TPSA) is 75.3 Å². The van der Waals surface area contributed by atoms with Crippen molar-refractivity contribution in [1.29, 1.82) is 0 Å². The van der Waals surface area contributed by atoms with Crippen molar-refractivity contribution < 1.29 is 0 Å². The van der Waals surface area contributed by atoms with Gasteiger partial charge in [-0.3, -0.25) is 4.98 Å². The summed E-state index contributed by atoms with van der Waals surface area (Å²) in [4.78, 5) is 8.30. The summed E-state index contributed by atoms with van der Waals surface area (Å²) in [5.74, 6) is 0.284. The Morgan fingerprint density at radius 2 is 2.42 bits per heavy atom. The third-order valence-corrected chi connectivity index (χ3v) is 2.64. The van der Waals surface area contributed by atoms with Gasteiger partial charge in [-0.2, -0.15) is 0 Å². The molecule has 0 saturated heterocycles. The Kier molecular flexibility index (Phi) is 6.52. The Labute approximate surface area is 119 Å². The van der Waals surface area contributed by atoms with Gasteiger partial charge < -0.3 is 16.4 Å². The Morgan fingerprint density at radius 1 is 1.63 bits per heavy atom. The lowest BCUT2D eigenvalue weighted by Gasteiger charge is -2.10. The predicted octanol–water partition coefficient (Wildman–Crippen LogP) is 0.897. The van der Waals surface area contributed by atoms with E-state index in [0.717, 1.165) is 12.1 Å². The third-order valence-electron chi connectivity index (χ3n) is 2.40. The molecule has 0 spiro atoms. The van der Waals surface area contributed by atoms with Crippen molar-refractivity contribution in [3.05, 3.63) is 42.2 Å². The molecule has 1 aromatic heterocycles. The smallest absolute Gasteiger partial charge is 0.195 e. The van der Waals surface area contributed by atoms with Gasteiger partial charge in [-0.25, -0.2) is 4.99 Å². The molecule has 1 aromatic rings. The Balaban J connectivity index is 2.31. The van der Waals surface area contributed by atoms with Crippen LogP contribution >= 0.6 is 12.2 Å². The minimum Gasteiger partial charge on any atom is -0.370 e. The van der Waals surface area contributed by atoms with Gasteiger partial charge in [-0.15, -0.1) is 6.58 Å². The zero-order valence-corrected chi connectivity index (χ0v) is 11.8. The molecule has 4 N–H and O–H groups in total. The number of nitrogens with two attached hydrogens (primary N) is 1. The van der Waals surface area contributed by atoms with Gasteiger partial charge in [0, 0.05) is 24.9 Å². The highest BCUT2D eigenvalue weighted by atomic mass is 32.1. The Morgan fingerprint density at radius 3 is 3.11 bits per heavy atom. The van der Waals surface area contributed by atoms with Crippen LogP contribution in [0.3, 0.4) is 0 Å². The number of nitrogens with zero attached hydrogens (tertiary/aromatic N) is 2. The van der Waals surface area contributed by atoms with Crippen molar-refractivity contribution in [3.8, 4) is 0 Å². The van der Waals surface area contributed by atoms with Gasteiger partial charge in [0.2, 0.25) is 0 Å². The monoisotopic (exact) mass is 277 g/mol. The van der Waals surface area contributed by atoms with Gasteiger partial charge in [0.15, 0.2) is 11.1 Å². The third kappa shape index (κ3) is 5.96. The summed E-state index contributed by atoms with van der Waals surface area (Å²) in [6.45, 7) is 6.76. The average molecular weight is 277 g/mol. The zero-order chi connectivity index (χ0) is 14.1. The summed E-state index contributed by atoms with van der Waals surface area (Å²) < 4.78 is 0. The number of nitrogens with one attached hydrogen (secondary N) is 2. The molecule has 1 heterocycles. The number of aliphatic imine (C=N–C) groups is 1. The van der Waals surface area contributed by atoms with Gasteiger partial charge >= 0.3 is 0 Å². The van der Waals surface area contributed by atoms with Crippen LogP contribution in [0, 0.1) is 6.92 Å². The largest absolute Gasteiger partial charge is 0.370 e. The molecule has 102 valence electrons. The lowest BCUT2D eigenvalue weighted by molar-refractivity contribution is 0.830. The fourth-order valence-corrected chi connectivity index (χ4v) is 1.64. The summed E-state index contributed by atoms with van der Waals surface area (Å²) in [6, 6.07) is 3.97. The lowest BCUT2D eigenvalue weighted by Crippen LogP contribution is -2.43. The number of pyridine rings is 1. The van der Waals surface area contributed by atoms with Gasteiger partial charge in [-0.05, 0) is 30.8 Å². The van der Waals surface area contributed by atoms with Gasteiger partial charge in [0.1, 0.15) is 0 Å². The van der Waals surface area contributed by atoms with E-state index in [2.05, 4.69) is 27.2 Å². The molecule has 0 aromatic carbocycles. The number of rotatable bonds is 5. The van der Waals surface area contributed by atoms with Crippen LogP contribution in [0.1, 0.15) is 11.3 Å². The highest BCUT2D eigenvalue weighted by molar-refractivity contribution is 7.80. The number of thiocarbonyl (C=S) groups is 1. The van der Waals surface area contributed by atoms with Crippen LogP contribution in [0.5, 0.6) is 0 Å². The van der Waals surface area contributed by atoms with Crippen molar-refractivity contribution in [1.82, 2.24) is 15.6 Å². The first-order valence-corrected chi connectivity index (χ1v) is 6.40. The van der Waals surface area contributed by atoms with Crippen molar-refractivity contribution in [2.24, 2.45) is 10.7 Å². The first kappa shape index (κ1) is 15.1. The maximum absolute atomic E-state index is 5.62. The molecule has 0 fully saturated rings. The number of aryl methyl sites for hydroxylation is 1. The van der Waals surface area contributed by atoms with Gasteiger partial charge in [0.05, 0.1) is 6.54 Å². The number of aromatic nitrogens is 1. The van der Waals surface area contributed by atoms with Crippen molar-refractivity contribution in [2.45, 2.75) is 13.3 Å². The summed E-state index contributed by atoms with van der Waals surface area (Å²) in [5.41, 5.74) is 7.86. The lowest BCUT2D eigenvalue weighted by atomic mass is 10.2. The first-order chi connectivity index (χ1) is 9.13. The van der Waals surface area contributed by atoms with E-state index in [0.29, 0.717) is 18.2 Å². The van der Waals surface area contributed by atoms with Crippen LogP contribution in [-0.2, 0) is 6.42 Å². The van der Waals surface area contributed by atoms with Crippen LogP contribution < -0.4 is 16.4 Å². The standard InChI is InChI=1S/C13H19N5S/c1-3-7-16-12(14)18-13(19)17-9-6-11-10(2)5-4-8-15-11/h3-5,8H,1,6-7,9H2,2H3,(H4,14,16,17,18,19). The number of guanidine groups is 1. The number of hydrogen-bond acceptors (Lipinski definition) is 3. The van der Waals surface area contributed by atoms with E-state index in [1.807, 2.05) is 19.1 Å². The minimum atomic E-state index is 0.284. The van der Waals surface area contributed by atoms with Crippen molar-refractivity contribution in [3.63, 3.8) is 0 Å². The van der Waals surface area contributed by atoms with Crippen molar-refractivity contribution in [2.75, 3.05) is 13.1 Å². The van der Waals surface area contributed by atoms with Crippen LogP contribution in [0.4, 0.5) is 0 Å². The van der Waals surface area contributed by atoms with Gasteiger partial charge in [0.25, 0.3) is 0 Å². The second-order valence-electron chi connectivity index (χ2n) is 3.91. The molecule has 0 atom stereocenters. The molecule has 0 aliphatic carbocycles. The first-order valence-electron chi connectivity index (χ1n) is 5.99. The van der Waals surface area contributed by atoms with Crippen LogP contribution in [0.15, 0.2) is 36.0 Å².